The molecule has 0 saturated heterocycles. The third kappa shape index (κ3) is 3.13. The van der Waals surface area contributed by atoms with Crippen molar-refractivity contribution < 1.29 is 9.47 Å². The predicted octanol–water partition coefficient (Wildman–Crippen LogP) is 3.05. The molecular formula is C14H13N3O2S. The lowest BCUT2D eigenvalue weighted by Gasteiger charge is -2.12. The van der Waals surface area contributed by atoms with Crippen LogP contribution in [0.15, 0.2) is 37.0 Å². The van der Waals surface area contributed by atoms with E-state index in [2.05, 4.69) is 24.5 Å². The molecule has 0 aliphatic heterocycles. The quantitative estimate of drug-likeness (QED) is 0.678. The van der Waals surface area contributed by atoms with Crippen LogP contribution in [0.5, 0.6) is 11.6 Å². The first-order valence-corrected chi connectivity index (χ1v) is 6.23. The van der Waals surface area contributed by atoms with Gasteiger partial charge in [0.25, 0.3) is 6.26 Å². The Kier molecular flexibility index (Phi) is 4.33. The number of nitriles is 1. The van der Waals surface area contributed by atoms with E-state index in [0.29, 0.717) is 11.6 Å². The maximum absolute atomic E-state index is 8.70. The zero-order valence-corrected chi connectivity index (χ0v) is 11.8. The van der Waals surface area contributed by atoms with Gasteiger partial charge in [0.1, 0.15) is 12.4 Å². The van der Waals surface area contributed by atoms with E-state index in [1.807, 2.05) is 19.1 Å². The highest BCUT2D eigenvalue weighted by atomic mass is 32.1. The molecule has 0 N–H and O–H groups in total. The van der Waals surface area contributed by atoms with Gasteiger partial charge in [-0.05, 0) is 31.4 Å². The van der Waals surface area contributed by atoms with E-state index in [9.17, 15) is 0 Å². The third-order valence-electron chi connectivity index (χ3n) is 2.66. The highest BCUT2D eigenvalue weighted by Gasteiger charge is 2.12. The van der Waals surface area contributed by atoms with Crippen LogP contribution in [0.4, 0.5) is 0 Å². The molecule has 0 amide bonds. The Morgan fingerprint density at radius 1 is 1.50 bits per heavy atom. The van der Waals surface area contributed by atoms with Gasteiger partial charge in [-0.1, -0.05) is 24.3 Å². The molecule has 1 aromatic heterocycles. The number of thiol groups is 1. The fraction of sp³-hybridized carbons (Fsp3) is 0.143. The second-order valence-electron chi connectivity index (χ2n) is 4.12. The number of hydrogen-bond donors (Lipinski definition) is 1. The van der Waals surface area contributed by atoms with Crippen molar-refractivity contribution in [2.24, 2.45) is 0 Å². The first-order valence-electron chi connectivity index (χ1n) is 5.83. The second-order valence-corrected chi connectivity index (χ2v) is 4.53. The summed E-state index contributed by atoms with van der Waals surface area (Å²) in [6.07, 6.45) is 3.34. The largest absolute Gasteiger partial charge is 0.472 e. The Morgan fingerprint density at radius 3 is 2.90 bits per heavy atom. The van der Waals surface area contributed by atoms with Gasteiger partial charge in [0.2, 0.25) is 5.88 Å². The van der Waals surface area contributed by atoms with Crippen LogP contribution in [-0.2, 0) is 6.61 Å². The van der Waals surface area contributed by atoms with Crippen LogP contribution < -0.4 is 9.47 Å². The standard InChI is InChI=1S/C14H13N3O2S/c1-10(2)11-4-3-5-13(19-9-15)12(11)8-18-14-6-7-17(20)16-14/h3-7,20H,1,8H2,2H3. The fourth-order valence-corrected chi connectivity index (χ4v) is 1.94. The number of ether oxygens (including phenoxy) is 2. The summed E-state index contributed by atoms with van der Waals surface area (Å²) in [7, 11) is 0. The van der Waals surface area contributed by atoms with Crippen molar-refractivity contribution in [3.63, 3.8) is 0 Å². The summed E-state index contributed by atoms with van der Waals surface area (Å²) in [6.45, 7) is 6.03. The minimum atomic E-state index is 0.227. The van der Waals surface area contributed by atoms with Crippen molar-refractivity contribution >= 4 is 18.4 Å². The number of rotatable bonds is 5. The van der Waals surface area contributed by atoms with Gasteiger partial charge in [-0.2, -0.15) is 0 Å². The van der Waals surface area contributed by atoms with Gasteiger partial charge < -0.3 is 9.47 Å². The zero-order chi connectivity index (χ0) is 14.5. The molecule has 2 rings (SSSR count). The molecule has 0 aliphatic carbocycles. The van der Waals surface area contributed by atoms with Crippen LogP contribution in [0.2, 0.25) is 0 Å². The molecular weight excluding hydrogens is 274 g/mol. The van der Waals surface area contributed by atoms with E-state index in [-0.39, 0.29) is 6.61 Å². The van der Waals surface area contributed by atoms with E-state index in [1.165, 1.54) is 4.09 Å². The van der Waals surface area contributed by atoms with Crippen molar-refractivity contribution in [1.82, 2.24) is 9.19 Å². The Bertz CT molecular complexity index is 673. The van der Waals surface area contributed by atoms with Crippen molar-refractivity contribution in [3.05, 3.63) is 48.2 Å². The number of nitrogens with zero attached hydrogens (tertiary/aromatic N) is 3. The molecule has 6 heteroatoms. The van der Waals surface area contributed by atoms with Crippen LogP contribution >= 0.6 is 12.8 Å². The van der Waals surface area contributed by atoms with Crippen LogP contribution in [-0.4, -0.2) is 9.19 Å². The molecule has 0 saturated carbocycles. The zero-order valence-electron chi connectivity index (χ0n) is 10.9. The van der Waals surface area contributed by atoms with Crippen LogP contribution in [0.25, 0.3) is 5.57 Å². The summed E-state index contributed by atoms with van der Waals surface area (Å²) in [5, 5.41) is 12.7. The first-order chi connectivity index (χ1) is 9.61. The van der Waals surface area contributed by atoms with Crippen molar-refractivity contribution in [3.8, 4) is 17.9 Å². The summed E-state index contributed by atoms with van der Waals surface area (Å²) >= 11 is 4.04. The molecule has 0 aliphatic rings. The number of benzene rings is 1. The number of hydrogen-bond acceptors (Lipinski definition) is 5. The van der Waals surface area contributed by atoms with Gasteiger partial charge in [-0.25, -0.2) is 4.09 Å². The van der Waals surface area contributed by atoms with Crippen LogP contribution in [0.3, 0.4) is 0 Å². The van der Waals surface area contributed by atoms with Gasteiger partial charge in [0.05, 0.1) is 0 Å². The molecule has 102 valence electrons. The third-order valence-corrected chi connectivity index (χ3v) is 2.89. The van der Waals surface area contributed by atoms with E-state index in [0.717, 1.165) is 16.7 Å². The molecule has 0 fully saturated rings. The Labute approximate surface area is 122 Å². The Hall–Kier alpha value is -2.39. The highest BCUT2D eigenvalue weighted by molar-refractivity contribution is 7.78. The van der Waals surface area contributed by atoms with E-state index in [1.54, 1.807) is 24.6 Å². The summed E-state index contributed by atoms with van der Waals surface area (Å²) in [5.74, 6) is 0.901. The van der Waals surface area contributed by atoms with Crippen LogP contribution in [0, 0.1) is 11.5 Å². The van der Waals surface area contributed by atoms with Crippen molar-refractivity contribution in [2.45, 2.75) is 13.5 Å². The molecule has 0 spiro atoms. The minimum Gasteiger partial charge on any atom is -0.472 e. The summed E-state index contributed by atoms with van der Waals surface area (Å²) in [5.41, 5.74) is 2.52. The number of aromatic nitrogens is 2. The monoisotopic (exact) mass is 287 g/mol. The lowest BCUT2D eigenvalue weighted by atomic mass is 10.0. The Morgan fingerprint density at radius 2 is 2.30 bits per heavy atom. The second kappa shape index (κ2) is 6.17. The average molecular weight is 287 g/mol. The molecule has 0 unspecified atom stereocenters. The molecule has 5 nitrogen and oxygen atoms in total. The molecule has 0 bridgehead atoms. The summed E-state index contributed by atoms with van der Waals surface area (Å²) in [6, 6.07) is 7.12. The molecule has 20 heavy (non-hydrogen) atoms. The molecule has 2 aromatic rings. The van der Waals surface area contributed by atoms with Crippen molar-refractivity contribution in [1.29, 1.82) is 5.26 Å². The lowest BCUT2D eigenvalue weighted by Crippen LogP contribution is -2.02. The first kappa shape index (κ1) is 14.0. The van der Waals surface area contributed by atoms with Gasteiger partial charge in [-0.15, -0.1) is 10.4 Å². The summed E-state index contributed by atoms with van der Waals surface area (Å²) in [4.78, 5) is 0. The summed E-state index contributed by atoms with van der Waals surface area (Å²) < 4.78 is 11.9. The van der Waals surface area contributed by atoms with E-state index in [4.69, 9.17) is 14.7 Å². The van der Waals surface area contributed by atoms with Gasteiger partial charge >= 0.3 is 0 Å². The van der Waals surface area contributed by atoms with Crippen LogP contribution in [0.1, 0.15) is 18.1 Å². The maximum Gasteiger partial charge on any atom is 0.292 e. The lowest BCUT2D eigenvalue weighted by molar-refractivity contribution is 0.288. The molecule has 1 heterocycles. The van der Waals surface area contributed by atoms with E-state index < -0.39 is 0 Å². The Balaban J connectivity index is 2.28. The normalized spacial score (nSPS) is 9.85. The van der Waals surface area contributed by atoms with Gasteiger partial charge in [0.15, 0.2) is 0 Å². The van der Waals surface area contributed by atoms with E-state index >= 15 is 0 Å². The molecule has 0 radical (unpaired) electrons. The number of allylic oxidation sites excluding steroid dienone is 1. The molecule has 1 aromatic carbocycles. The van der Waals surface area contributed by atoms with Gasteiger partial charge in [-0.3, -0.25) is 0 Å². The SMILES string of the molecule is C=C(C)c1cccc(OC#N)c1COc1ccn(S)n1. The maximum atomic E-state index is 8.70. The topological polar surface area (TPSA) is 60.1 Å². The fourth-order valence-electron chi connectivity index (χ4n) is 1.78. The average Bonchev–Trinajstić information content (AvgIpc) is 2.83. The molecule has 0 atom stereocenters. The van der Waals surface area contributed by atoms with Crippen molar-refractivity contribution in [2.75, 3.05) is 0 Å². The van der Waals surface area contributed by atoms with Gasteiger partial charge in [0, 0.05) is 17.8 Å². The smallest absolute Gasteiger partial charge is 0.292 e. The highest BCUT2D eigenvalue weighted by Crippen LogP contribution is 2.28. The predicted molar refractivity (Wildman–Crippen MR) is 78.3 cm³/mol. The minimum absolute atomic E-state index is 0.227.